The van der Waals surface area contributed by atoms with Crippen molar-refractivity contribution in [3.8, 4) is 0 Å². The van der Waals surface area contributed by atoms with E-state index in [2.05, 4.69) is 10.6 Å². The van der Waals surface area contributed by atoms with Crippen molar-refractivity contribution in [1.29, 1.82) is 0 Å². The Morgan fingerprint density at radius 3 is 2.62 bits per heavy atom. The van der Waals surface area contributed by atoms with Crippen LogP contribution in [0.1, 0.15) is 48.0 Å². The van der Waals surface area contributed by atoms with Gasteiger partial charge in [-0.2, -0.15) is 0 Å². The topological polar surface area (TPSA) is 58.2 Å². The van der Waals surface area contributed by atoms with E-state index in [1.54, 1.807) is 31.2 Å². The van der Waals surface area contributed by atoms with E-state index in [0.29, 0.717) is 22.7 Å². The van der Waals surface area contributed by atoms with Crippen molar-refractivity contribution in [3.63, 3.8) is 0 Å². The lowest BCUT2D eigenvalue weighted by Gasteiger charge is -2.21. The molecule has 3 rings (SSSR count). The van der Waals surface area contributed by atoms with Crippen molar-refractivity contribution in [2.24, 2.45) is 5.92 Å². The quantitative estimate of drug-likeness (QED) is 0.614. The van der Waals surface area contributed by atoms with Crippen molar-refractivity contribution < 1.29 is 14.0 Å². The second-order valence-corrected chi connectivity index (χ2v) is 8.53. The minimum Gasteiger partial charge on any atom is -0.355 e. The molecular weight excluding hydrogens is 387 g/mol. The standard InChI is InChI=1S/C23H27FN2O2S/c1-16-11-12-18(13-20(16)24)26-23(28)19-9-5-6-10-21(19)29-15-22(27)25-14-17-7-3-2-4-8-17/h5-6,9-13,17H,2-4,7-8,14-15H2,1H3,(H,25,27)(H,26,28). The average molecular weight is 415 g/mol. The van der Waals surface area contributed by atoms with Crippen LogP contribution in [0.3, 0.4) is 0 Å². The Morgan fingerprint density at radius 1 is 1.10 bits per heavy atom. The van der Waals surface area contributed by atoms with E-state index in [9.17, 15) is 14.0 Å². The summed E-state index contributed by atoms with van der Waals surface area (Å²) in [6.45, 7) is 2.41. The summed E-state index contributed by atoms with van der Waals surface area (Å²) in [7, 11) is 0. The average Bonchev–Trinajstić information content (AvgIpc) is 2.74. The SMILES string of the molecule is Cc1ccc(NC(=O)c2ccccc2SCC(=O)NCC2CCCCC2)cc1F. The van der Waals surface area contributed by atoms with Crippen molar-refractivity contribution in [3.05, 3.63) is 59.4 Å². The summed E-state index contributed by atoms with van der Waals surface area (Å²) in [6, 6.07) is 11.8. The van der Waals surface area contributed by atoms with E-state index < -0.39 is 0 Å². The van der Waals surface area contributed by atoms with Gasteiger partial charge in [-0.25, -0.2) is 4.39 Å². The number of thioether (sulfide) groups is 1. The van der Waals surface area contributed by atoms with E-state index in [1.165, 1.54) is 49.9 Å². The molecule has 1 saturated carbocycles. The number of amides is 2. The van der Waals surface area contributed by atoms with Gasteiger partial charge in [0.1, 0.15) is 5.82 Å². The van der Waals surface area contributed by atoms with E-state index in [1.807, 2.05) is 12.1 Å². The summed E-state index contributed by atoms with van der Waals surface area (Å²) in [4.78, 5) is 25.6. The number of rotatable bonds is 7. The summed E-state index contributed by atoms with van der Waals surface area (Å²) in [6.07, 6.45) is 6.19. The molecule has 1 aliphatic carbocycles. The number of hydrogen-bond donors (Lipinski definition) is 2. The zero-order chi connectivity index (χ0) is 20.6. The largest absolute Gasteiger partial charge is 0.355 e. The number of anilines is 1. The molecule has 0 saturated heterocycles. The van der Waals surface area contributed by atoms with Gasteiger partial charge in [0.2, 0.25) is 5.91 Å². The second kappa shape index (κ2) is 10.4. The molecule has 154 valence electrons. The highest BCUT2D eigenvalue weighted by atomic mass is 32.2. The van der Waals surface area contributed by atoms with Crippen LogP contribution in [0.4, 0.5) is 10.1 Å². The Balaban J connectivity index is 1.55. The molecule has 2 aromatic carbocycles. The van der Waals surface area contributed by atoms with E-state index in [0.717, 1.165) is 11.4 Å². The molecule has 0 spiro atoms. The predicted octanol–water partition coefficient (Wildman–Crippen LogP) is 5.18. The van der Waals surface area contributed by atoms with Gasteiger partial charge in [-0.05, 0) is 55.5 Å². The number of nitrogens with one attached hydrogen (secondary N) is 2. The van der Waals surface area contributed by atoms with Crippen LogP contribution in [0.2, 0.25) is 0 Å². The fourth-order valence-corrected chi connectivity index (χ4v) is 4.37. The third-order valence-electron chi connectivity index (χ3n) is 5.23. The Labute approximate surface area is 175 Å². The molecule has 29 heavy (non-hydrogen) atoms. The molecule has 0 atom stereocenters. The molecule has 4 nitrogen and oxygen atoms in total. The second-order valence-electron chi connectivity index (χ2n) is 7.51. The van der Waals surface area contributed by atoms with Gasteiger partial charge in [0.15, 0.2) is 0 Å². The number of carbonyl (C=O) groups is 2. The summed E-state index contributed by atoms with van der Waals surface area (Å²) >= 11 is 1.34. The summed E-state index contributed by atoms with van der Waals surface area (Å²) in [5, 5.41) is 5.75. The molecule has 0 bridgehead atoms. The van der Waals surface area contributed by atoms with Gasteiger partial charge in [-0.3, -0.25) is 9.59 Å². The fraction of sp³-hybridized carbons (Fsp3) is 0.391. The Hall–Kier alpha value is -2.34. The number of benzene rings is 2. The minimum atomic E-state index is -0.361. The molecular formula is C23H27FN2O2S. The third-order valence-corrected chi connectivity index (χ3v) is 6.31. The minimum absolute atomic E-state index is 0.0172. The maximum absolute atomic E-state index is 13.7. The van der Waals surface area contributed by atoms with Crippen LogP contribution in [0, 0.1) is 18.7 Å². The first-order valence-corrected chi connectivity index (χ1v) is 11.1. The lowest BCUT2D eigenvalue weighted by atomic mass is 9.89. The number of aryl methyl sites for hydroxylation is 1. The van der Waals surface area contributed by atoms with Crippen LogP contribution >= 0.6 is 11.8 Å². The van der Waals surface area contributed by atoms with Gasteiger partial charge in [-0.15, -0.1) is 11.8 Å². The van der Waals surface area contributed by atoms with Crippen molar-refractivity contribution in [2.45, 2.75) is 43.9 Å². The van der Waals surface area contributed by atoms with Crippen molar-refractivity contribution >= 4 is 29.3 Å². The maximum Gasteiger partial charge on any atom is 0.256 e. The van der Waals surface area contributed by atoms with Crippen molar-refractivity contribution in [2.75, 3.05) is 17.6 Å². The highest BCUT2D eigenvalue weighted by Crippen LogP contribution is 2.25. The Morgan fingerprint density at radius 2 is 1.86 bits per heavy atom. The van der Waals surface area contributed by atoms with E-state index >= 15 is 0 Å². The molecule has 2 amide bonds. The summed E-state index contributed by atoms with van der Waals surface area (Å²) in [5.74, 6) is 0.150. The van der Waals surface area contributed by atoms with Crippen LogP contribution in [-0.4, -0.2) is 24.1 Å². The van der Waals surface area contributed by atoms with Gasteiger partial charge in [0.05, 0.1) is 11.3 Å². The molecule has 0 radical (unpaired) electrons. The molecule has 0 heterocycles. The zero-order valence-electron chi connectivity index (χ0n) is 16.7. The van der Waals surface area contributed by atoms with Crippen molar-refractivity contribution in [1.82, 2.24) is 5.32 Å². The molecule has 6 heteroatoms. The third kappa shape index (κ3) is 6.32. The highest BCUT2D eigenvalue weighted by Gasteiger charge is 2.16. The predicted molar refractivity (Wildman–Crippen MR) is 116 cm³/mol. The molecule has 0 aromatic heterocycles. The van der Waals surface area contributed by atoms with Gasteiger partial charge in [0, 0.05) is 17.1 Å². The Kier molecular flexibility index (Phi) is 7.69. The number of hydrogen-bond acceptors (Lipinski definition) is 3. The van der Waals surface area contributed by atoms with E-state index in [4.69, 9.17) is 0 Å². The lowest BCUT2D eigenvalue weighted by Crippen LogP contribution is -2.31. The van der Waals surface area contributed by atoms with Crippen LogP contribution < -0.4 is 10.6 Å². The van der Waals surface area contributed by atoms with Crippen LogP contribution in [0.5, 0.6) is 0 Å². The summed E-state index contributed by atoms with van der Waals surface area (Å²) in [5.41, 5.74) is 1.40. The lowest BCUT2D eigenvalue weighted by molar-refractivity contribution is -0.118. The van der Waals surface area contributed by atoms with Crippen LogP contribution in [0.25, 0.3) is 0 Å². The molecule has 2 N–H and O–H groups in total. The van der Waals surface area contributed by atoms with Gasteiger partial charge >= 0.3 is 0 Å². The van der Waals surface area contributed by atoms with E-state index in [-0.39, 0.29) is 23.4 Å². The zero-order valence-corrected chi connectivity index (χ0v) is 17.5. The van der Waals surface area contributed by atoms with Gasteiger partial charge in [-0.1, -0.05) is 37.5 Å². The molecule has 0 aliphatic heterocycles. The molecule has 1 fully saturated rings. The fourth-order valence-electron chi connectivity index (χ4n) is 3.49. The summed E-state index contributed by atoms with van der Waals surface area (Å²) < 4.78 is 13.7. The normalized spacial score (nSPS) is 14.4. The highest BCUT2D eigenvalue weighted by molar-refractivity contribution is 8.00. The number of halogens is 1. The van der Waals surface area contributed by atoms with Crippen LogP contribution in [-0.2, 0) is 4.79 Å². The van der Waals surface area contributed by atoms with Gasteiger partial charge < -0.3 is 10.6 Å². The first-order valence-electron chi connectivity index (χ1n) is 10.1. The maximum atomic E-state index is 13.7. The molecule has 1 aliphatic rings. The van der Waals surface area contributed by atoms with Crippen LogP contribution in [0.15, 0.2) is 47.4 Å². The molecule has 2 aromatic rings. The smallest absolute Gasteiger partial charge is 0.256 e. The monoisotopic (exact) mass is 414 g/mol. The van der Waals surface area contributed by atoms with Gasteiger partial charge in [0.25, 0.3) is 5.91 Å². The Bertz CT molecular complexity index is 866. The number of carbonyl (C=O) groups excluding carboxylic acids is 2. The molecule has 0 unspecified atom stereocenters. The first kappa shape index (κ1) is 21.4. The first-order chi connectivity index (χ1) is 14.0.